The fourth-order valence-electron chi connectivity index (χ4n) is 4.55. The minimum atomic E-state index is -1.28. The molecule has 0 radical (unpaired) electrons. The molecule has 0 aromatic heterocycles. The summed E-state index contributed by atoms with van der Waals surface area (Å²) in [7, 11) is 0. The molecular weight excluding hydrogens is 508 g/mol. The Morgan fingerprint density at radius 3 is 2.38 bits per heavy atom. The van der Waals surface area contributed by atoms with E-state index in [-0.39, 0.29) is 37.3 Å². The van der Waals surface area contributed by atoms with Crippen molar-refractivity contribution in [2.24, 2.45) is 0 Å². The third kappa shape index (κ3) is 6.58. The number of benzene rings is 2. The molecule has 2 fully saturated rings. The Balaban J connectivity index is 1.47. The van der Waals surface area contributed by atoms with Crippen molar-refractivity contribution < 1.29 is 38.6 Å². The molecule has 39 heavy (non-hydrogen) atoms. The zero-order valence-electron chi connectivity index (χ0n) is 20.9. The Hall–Kier alpha value is -4.74. The van der Waals surface area contributed by atoms with Crippen LogP contribution in [0.15, 0.2) is 54.6 Å². The molecule has 3 N–H and O–H groups in total. The highest BCUT2D eigenvalue weighted by molar-refractivity contribution is 6.00. The van der Waals surface area contributed by atoms with E-state index in [0.29, 0.717) is 24.2 Å². The summed E-state index contributed by atoms with van der Waals surface area (Å²) in [6.07, 6.45) is 0.321. The molecule has 2 saturated heterocycles. The molecule has 4 amide bonds. The first-order valence-corrected chi connectivity index (χ1v) is 12.5. The Morgan fingerprint density at radius 1 is 1.03 bits per heavy atom. The predicted octanol–water partition coefficient (Wildman–Crippen LogP) is 1.26. The maximum absolute atomic E-state index is 13.6. The van der Waals surface area contributed by atoms with Crippen LogP contribution in [0.5, 0.6) is 11.5 Å². The quantitative estimate of drug-likeness (QED) is 0.404. The first-order chi connectivity index (χ1) is 18.8. The van der Waals surface area contributed by atoms with Crippen LogP contribution >= 0.6 is 0 Å². The molecule has 3 atom stereocenters. The van der Waals surface area contributed by atoms with Crippen molar-refractivity contribution in [2.45, 2.75) is 50.2 Å². The smallest absolute Gasteiger partial charge is 0.305 e. The van der Waals surface area contributed by atoms with Gasteiger partial charge in [0.25, 0.3) is 11.8 Å². The number of nitrogens with one attached hydrogen (secondary N) is 2. The number of carboxylic acids is 1. The van der Waals surface area contributed by atoms with Gasteiger partial charge in [-0.2, -0.15) is 0 Å². The summed E-state index contributed by atoms with van der Waals surface area (Å²) in [4.78, 5) is 74.6. The second-order valence-electron chi connectivity index (χ2n) is 9.21. The highest BCUT2D eigenvalue weighted by Gasteiger charge is 2.45. The van der Waals surface area contributed by atoms with Gasteiger partial charge in [0.15, 0.2) is 0 Å². The van der Waals surface area contributed by atoms with Crippen LogP contribution in [0.1, 0.15) is 42.5 Å². The van der Waals surface area contributed by atoms with Gasteiger partial charge in [-0.25, -0.2) is 5.01 Å². The van der Waals surface area contributed by atoms with E-state index in [1.54, 1.807) is 36.4 Å². The van der Waals surface area contributed by atoms with E-state index >= 15 is 0 Å². The molecule has 0 spiro atoms. The topological polar surface area (TPSA) is 162 Å². The molecule has 12 nitrogen and oxygen atoms in total. The van der Waals surface area contributed by atoms with Crippen molar-refractivity contribution >= 4 is 35.9 Å². The second-order valence-corrected chi connectivity index (χ2v) is 9.21. The third-order valence-electron chi connectivity index (χ3n) is 6.45. The number of ether oxygens (including phenoxy) is 1. The predicted molar refractivity (Wildman–Crippen MR) is 135 cm³/mol. The summed E-state index contributed by atoms with van der Waals surface area (Å²) in [5.41, 5.74) is 0.270. The first-order valence-electron chi connectivity index (χ1n) is 12.5. The van der Waals surface area contributed by atoms with E-state index in [4.69, 9.17) is 9.84 Å². The summed E-state index contributed by atoms with van der Waals surface area (Å²) >= 11 is 0. The van der Waals surface area contributed by atoms with Gasteiger partial charge in [-0.15, -0.1) is 0 Å². The lowest BCUT2D eigenvalue weighted by molar-refractivity contribution is -0.176. The molecule has 4 rings (SSSR count). The lowest BCUT2D eigenvalue weighted by Gasteiger charge is -2.43. The number of carbonyl (C=O) groups excluding carboxylic acids is 5. The molecule has 0 aliphatic carbocycles. The van der Waals surface area contributed by atoms with E-state index in [2.05, 4.69) is 10.6 Å². The number of carbonyl (C=O) groups is 6. The molecule has 2 aromatic rings. The van der Waals surface area contributed by atoms with Gasteiger partial charge in [0.1, 0.15) is 29.9 Å². The van der Waals surface area contributed by atoms with Crippen LogP contribution in [-0.4, -0.2) is 75.7 Å². The summed E-state index contributed by atoms with van der Waals surface area (Å²) in [6.45, 7) is 0.212. The first kappa shape index (κ1) is 27.3. The zero-order valence-corrected chi connectivity index (χ0v) is 20.9. The van der Waals surface area contributed by atoms with Crippen molar-refractivity contribution in [3.63, 3.8) is 0 Å². The van der Waals surface area contributed by atoms with Gasteiger partial charge in [-0.05, 0) is 55.7 Å². The lowest BCUT2D eigenvalue weighted by atomic mass is 10.0. The molecular formula is C27H28N4O8. The number of amides is 4. The third-order valence-corrected chi connectivity index (χ3v) is 6.45. The maximum Gasteiger partial charge on any atom is 0.305 e. The summed E-state index contributed by atoms with van der Waals surface area (Å²) in [5.74, 6) is -2.43. The summed E-state index contributed by atoms with van der Waals surface area (Å²) in [5, 5.41) is 16.2. The minimum Gasteiger partial charge on any atom is -0.481 e. The van der Waals surface area contributed by atoms with E-state index in [0.717, 1.165) is 5.01 Å². The van der Waals surface area contributed by atoms with E-state index in [9.17, 15) is 28.8 Å². The minimum absolute atomic E-state index is 0.0264. The molecule has 204 valence electrons. The number of aliphatic carboxylic acids is 1. The summed E-state index contributed by atoms with van der Waals surface area (Å²) < 4.78 is 5.73. The Kier molecular flexibility index (Phi) is 8.54. The Bertz CT molecular complexity index is 1250. The largest absolute Gasteiger partial charge is 0.481 e. The summed E-state index contributed by atoms with van der Waals surface area (Å²) in [6, 6.07) is 11.9. The fraction of sp³-hybridized carbons (Fsp3) is 0.333. The normalized spacial score (nSPS) is 19.8. The molecule has 0 saturated carbocycles. The monoisotopic (exact) mass is 536 g/mol. The molecule has 2 heterocycles. The van der Waals surface area contributed by atoms with Gasteiger partial charge in [0, 0.05) is 18.5 Å². The molecule has 2 aliphatic rings. The number of fused-ring (bicyclic) bond motifs is 1. The maximum atomic E-state index is 13.6. The average molecular weight is 537 g/mol. The van der Waals surface area contributed by atoms with Crippen LogP contribution in [-0.2, 0) is 24.0 Å². The number of para-hydroxylation sites is 1. The van der Waals surface area contributed by atoms with Gasteiger partial charge >= 0.3 is 5.97 Å². The molecule has 2 aromatic carbocycles. The number of hydrogen-bond acceptors (Lipinski definition) is 7. The van der Waals surface area contributed by atoms with Crippen molar-refractivity contribution in [3.8, 4) is 11.5 Å². The van der Waals surface area contributed by atoms with Crippen molar-refractivity contribution in [3.05, 3.63) is 60.2 Å². The number of rotatable bonds is 9. The van der Waals surface area contributed by atoms with E-state index in [1.807, 2.05) is 18.2 Å². The van der Waals surface area contributed by atoms with Crippen LogP contribution < -0.4 is 15.4 Å². The van der Waals surface area contributed by atoms with Crippen LogP contribution in [0, 0.1) is 0 Å². The highest BCUT2D eigenvalue weighted by atomic mass is 16.5. The number of aldehydes is 1. The molecule has 3 unspecified atom stereocenters. The SMILES string of the molecule is O=CC(CC(=O)O)NC(=O)C1CCCN2C(=O)CCC(NC(=O)c3ccc(Oc4ccccc4)cc3)C(=O)N12. The molecule has 12 heteroatoms. The van der Waals surface area contributed by atoms with Gasteiger partial charge in [-0.3, -0.25) is 29.0 Å². The number of hydrazine groups is 1. The number of nitrogens with zero attached hydrogens (tertiary/aromatic N) is 2. The molecule has 2 aliphatic heterocycles. The standard InChI is InChI=1S/C27H28N4O8/c32-16-18(15-24(34)35)28-26(37)22-7-4-14-30-23(33)13-12-21(27(38)31(22)30)29-25(36)17-8-10-20(11-9-17)39-19-5-2-1-3-6-19/h1-3,5-6,8-11,16,18,21-22H,4,7,12-15H2,(H,28,37)(H,29,36)(H,34,35). The average Bonchev–Trinajstić information content (AvgIpc) is 3.05. The van der Waals surface area contributed by atoms with Gasteiger partial charge in [0.2, 0.25) is 11.8 Å². The van der Waals surface area contributed by atoms with Gasteiger partial charge < -0.3 is 25.3 Å². The van der Waals surface area contributed by atoms with E-state index < -0.39 is 48.2 Å². The van der Waals surface area contributed by atoms with Crippen LogP contribution in [0.4, 0.5) is 0 Å². The Morgan fingerprint density at radius 2 is 1.72 bits per heavy atom. The van der Waals surface area contributed by atoms with Gasteiger partial charge in [-0.1, -0.05) is 18.2 Å². The van der Waals surface area contributed by atoms with Crippen LogP contribution in [0.2, 0.25) is 0 Å². The molecule has 0 bridgehead atoms. The van der Waals surface area contributed by atoms with E-state index in [1.165, 1.54) is 5.01 Å². The number of carboxylic acid groups (broad SMARTS) is 1. The van der Waals surface area contributed by atoms with Crippen molar-refractivity contribution in [2.75, 3.05) is 6.54 Å². The fourth-order valence-corrected chi connectivity index (χ4v) is 4.55. The van der Waals surface area contributed by atoms with Crippen molar-refractivity contribution in [1.29, 1.82) is 0 Å². The van der Waals surface area contributed by atoms with Crippen LogP contribution in [0.3, 0.4) is 0 Å². The Labute approximate surface area is 223 Å². The zero-order chi connectivity index (χ0) is 27.9. The highest BCUT2D eigenvalue weighted by Crippen LogP contribution is 2.26. The van der Waals surface area contributed by atoms with Crippen molar-refractivity contribution in [1.82, 2.24) is 20.7 Å². The number of hydrogen-bond donors (Lipinski definition) is 3. The lowest BCUT2D eigenvalue weighted by Crippen LogP contribution is -2.64. The van der Waals surface area contributed by atoms with Crippen LogP contribution in [0.25, 0.3) is 0 Å². The second kappa shape index (κ2) is 12.2. The van der Waals surface area contributed by atoms with Gasteiger partial charge in [0.05, 0.1) is 12.5 Å².